The molecule has 0 bridgehead atoms. The quantitative estimate of drug-likeness (QED) is 0.888. The average molecular weight is 236 g/mol. The summed E-state index contributed by atoms with van der Waals surface area (Å²) in [5.74, 6) is -0.286. The van der Waals surface area contributed by atoms with Crippen LogP contribution >= 0.6 is 0 Å². The first kappa shape index (κ1) is 13.5. The summed E-state index contributed by atoms with van der Waals surface area (Å²) >= 11 is 0. The molecule has 4 heteroatoms. The molecule has 94 valence electrons. The van der Waals surface area contributed by atoms with Gasteiger partial charge in [-0.05, 0) is 31.7 Å². The largest absolute Gasteiger partial charge is 0.419 e. The van der Waals surface area contributed by atoms with Gasteiger partial charge in [-0.3, -0.25) is 4.57 Å². The van der Waals surface area contributed by atoms with Gasteiger partial charge in [-0.25, -0.2) is 4.79 Å². The maximum atomic E-state index is 11.5. The Morgan fingerprint density at radius 3 is 2.71 bits per heavy atom. The van der Waals surface area contributed by atoms with Crippen LogP contribution in [-0.2, 0) is 6.54 Å². The lowest BCUT2D eigenvalue weighted by molar-refractivity contribution is 0.500. The van der Waals surface area contributed by atoms with Crippen molar-refractivity contribution in [2.45, 2.75) is 27.3 Å². The second-order valence-electron chi connectivity index (χ2n) is 3.59. The molecule has 17 heavy (non-hydrogen) atoms. The molecule has 1 aromatic carbocycles. The van der Waals surface area contributed by atoms with Crippen LogP contribution in [0.15, 0.2) is 27.4 Å². The second-order valence-corrected chi connectivity index (χ2v) is 3.59. The molecule has 2 aromatic rings. The zero-order valence-corrected chi connectivity index (χ0v) is 10.9. The van der Waals surface area contributed by atoms with Gasteiger partial charge in [-0.2, -0.15) is 0 Å². The number of nitrogens with zero attached hydrogens (tertiary/aromatic N) is 1. The number of likely N-dealkylation sites (N-methyl/N-ethyl adjacent to an activating group) is 1. The van der Waals surface area contributed by atoms with Gasteiger partial charge in [0.25, 0.3) is 0 Å². The third-order valence-corrected chi connectivity index (χ3v) is 2.41. The van der Waals surface area contributed by atoms with E-state index in [1.54, 1.807) is 4.57 Å². The molecule has 0 saturated carbocycles. The Morgan fingerprint density at radius 1 is 1.35 bits per heavy atom. The molecule has 0 aliphatic rings. The van der Waals surface area contributed by atoms with E-state index in [9.17, 15) is 4.79 Å². The fraction of sp³-hybridized carbons (Fsp3) is 0.462. The fourth-order valence-electron chi connectivity index (χ4n) is 1.61. The molecule has 4 nitrogen and oxygen atoms in total. The summed E-state index contributed by atoms with van der Waals surface area (Å²) in [6.07, 6.45) is 0. The second kappa shape index (κ2) is 6.25. The normalized spacial score (nSPS) is 10.1. The molecule has 0 atom stereocenters. The third-order valence-electron chi connectivity index (χ3n) is 2.41. The standard InChI is InChI=1S/C11H14N2O2.C2H6/c1-8-3-4-10-9(7-8)13(6-5-12-2)11(14)15-10;1-2/h3-4,7,12H,5-6H2,1-2H3;1-2H3. The van der Waals surface area contributed by atoms with Gasteiger partial charge in [0.15, 0.2) is 5.58 Å². The van der Waals surface area contributed by atoms with Crippen molar-refractivity contribution in [3.63, 3.8) is 0 Å². The Morgan fingerprint density at radius 2 is 2.06 bits per heavy atom. The van der Waals surface area contributed by atoms with Gasteiger partial charge in [0.05, 0.1) is 5.52 Å². The predicted octanol–water partition coefficient (Wildman–Crippen LogP) is 2.15. The van der Waals surface area contributed by atoms with Gasteiger partial charge >= 0.3 is 5.76 Å². The zero-order valence-electron chi connectivity index (χ0n) is 10.9. The van der Waals surface area contributed by atoms with Crippen LogP contribution in [0.4, 0.5) is 0 Å². The van der Waals surface area contributed by atoms with Crippen molar-refractivity contribution < 1.29 is 4.42 Å². The Hall–Kier alpha value is -1.55. The van der Waals surface area contributed by atoms with E-state index in [1.165, 1.54) is 0 Å². The van der Waals surface area contributed by atoms with Crippen LogP contribution in [0.1, 0.15) is 19.4 Å². The van der Waals surface area contributed by atoms with Crippen molar-refractivity contribution in [1.29, 1.82) is 0 Å². The van der Waals surface area contributed by atoms with E-state index in [4.69, 9.17) is 4.42 Å². The first-order chi connectivity index (χ1) is 8.22. The SMILES string of the molecule is CC.CNCCn1c(=O)oc2ccc(C)cc21. The number of hydrogen-bond acceptors (Lipinski definition) is 3. The van der Waals surface area contributed by atoms with E-state index in [0.29, 0.717) is 12.1 Å². The maximum absolute atomic E-state index is 11.5. The molecule has 1 heterocycles. The molecular formula is C13H20N2O2. The minimum Gasteiger partial charge on any atom is -0.408 e. The lowest BCUT2D eigenvalue weighted by atomic mass is 10.2. The number of nitrogens with one attached hydrogen (secondary N) is 1. The first-order valence-electron chi connectivity index (χ1n) is 5.97. The highest BCUT2D eigenvalue weighted by Crippen LogP contribution is 2.14. The molecule has 0 unspecified atom stereocenters. The molecule has 0 amide bonds. The minimum absolute atomic E-state index is 0.286. The van der Waals surface area contributed by atoms with E-state index in [-0.39, 0.29) is 5.76 Å². The predicted molar refractivity (Wildman–Crippen MR) is 70.5 cm³/mol. The summed E-state index contributed by atoms with van der Waals surface area (Å²) < 4.78 is 6.78. The summed E-state index contributed by atoms with van der Waals surface area (Å²) in [5.41, 5.74) is 2.65. The Kier molecular flexibility index (Phi) is 4.97. The highest BCUT2D eigenvalue weighted by atomic mass is 16.4. The van der Waals surface area contributed by atoms with Crippen LogP contribution < -0.4 is 11.1 Å². The number of aryl methyl sites for hydroxylation is 1. The van der Waals surface area contributed by atoms with Crippen LogP contribution in [0, 0.1) is 6.92 Å². The Bertz CT molecular complexity index is 526. The monoisotopic (exact) mass is 236 g/mol. The van der Waals surface area contributed by atoms with E-state index >= 15 is 0 Å². The van der Waals surface area contributed by atoms with Gasteiger partial charge in [-0.1, -0.05) is 19.9 Å². The summed E-state index contributed by atoms with van der Waals surface area (Å²) in [4.78, 5) is 11.5. The fourth-order valence-corrected chi connectivity index (χ4v) is 1.61. The third kappa shape index (κ3) is 2.97. The van der Waals surface area contributed by atoms with E-state index in [2.05, 4.69) is 5.32 Å². The van der Waals surface area contributed by atoms with Gasteiger partial charge in [0, 0.05) is 13.1 Å². The van der Waals surface area contributed by atoms with Gasteiger partial charge in [0.2, 0.25) is 0 Å². The number of fused-ring (bicyclic) bond motifs is 1. The lowest BCUT2D eigenvalue weighted by Gasteiger charge is -2.01. The van der Waals surface area contributed by atoms with Crippen molar-refractivity contribution in [2.24, 2.45) is 0 Å². The van der Waals surface area contributed by atoms with Crippen LogP contribution in [0.2, 0.25) is 0 Å². The minimum atomic E-state index is -0.286. The highest BCUT2D eigenvalue weighted by Gasteiger charge is 2.07. The first-order valence-corrected chi connectivity index (χ1v) is 5.97. The average Bonchev–Trinajstić information content (AvgIpc) is 2.65. The van der Waals surface area contributed by atoms with Crippen LogP contribution in [0.3, 0.4) is 0 Å². The van der Waals surface area contributed by atoms with E-state index in [1.807, 2.05) is 46.0 Å². The van der Waals surface area contributed by atoms with Crippen molar-refractivity contribution >= 4 is 11.1 Å². The van der Waals surface area contributed by atoms with Crippen molar-refractivity contribution in [1.82, 2.24) is 9.88 Å². The van der Waals surface area contributed by atoms with Crippen LogP contribution in [-0.4, -0.2) is 18.2 Å². The summed E-state index contributed by atoms with van der Waals surface area (Å²) in [7, 11) is 1.86. The van der Waals surface area contributed by atoms with Gasteiger partial charge in [-0.15, -0.1) is 0 Å². The smallest absolute Gasteiger partial charge is 0.408 e. The summed E-state index contributed by atoms with van der Waals surface area (Å²) in [5, 5.41) is 3.01. The number of hydrogen-bond donors (Lipinski definition) is 1. The number of rotatable bonds is 3. The number of oxazole rings is 1. The van der Waals surface area contributed by atoms with Gasteiger partial charge < -0.3 is 9.73 Å². The molecule has 0 aliphatic heterocycles. The lowest BCUT2D eigenvalue weighted by Crippen LogP contribution is -2.21. The maximum Gasteiger partial charge on any atom is 0.419 e. The summed E-state index contributed by atoms with van der Waals surface area (Å²) in [6, 6.07) is 5.74. The number of benzene rings is 1. The zero-order chi connectivity index (χ0) is 12.8. The highest BCUT2D eigenvalue weighted by molar-refractivity contribution is 5.73. The van der Waals surface area contributed by atoms with E-state index < -0.39 is 0 Å². The molecule has 2 rings (SSSR count). The molecule has 1 N–H and O–H groups in total. The Balaban J connectivity index is 0.000000686. The molecule has 0 spiro atoms. The number of aromatic nitrogens is 1. The topological polar surface area (TPSA) is 47.2 Å². The molecule has 0 aliphatic carbocycles. The van der Waals surface area contributed by atoms with Crippen molar-refractivity contribution in [3.05, 3.63) is 34.3 Å². The summed E-state index contributed by atoms with van der Waals surface area (Å²) in [6.45, 7) is 7.38. The molecule has 0 saturated heterocycles. The Labute approximate surface area is 101 Å². The van der Waals surface area contributed by atoms with Crippen molar-refractivity contribution in [3.8, 4) is 0 Å². The molecule has 0 fully saturated rings. The van der Waals surface area contributed by atoms with Crippen LogP contribution in [0.5, 0.6) is 0 Å². The van der Waals surface area contributed by atoms with Crippen molar-refractivity contribution in [2.75, 3.05) is 13.6 Å². The molecule has 1 aromatic heterocycles. The van der Waals surface area contributed by atoms with Gasteiger partial charge in [0.1, 0.15) is 0 Å². The van der Waals surface area contributed by atoms with Crippen LogP contribution in [0.25, 0.3) is 11.1 Å². The molecular weight excluding hydrogens is 216 g/mol. The van der Waals surface area contributed by atoms with E-state index in [0.717, 1.165) is 17.6 Å². The molecule has 0 radical (unpaired) electrons.